The molecule has 1 aliphatic heterocycles. The summed E-state index contributed by atoms with van der Waals surface area (Å²) in [6.45, 7) is 1.06. The summed E-state index contributed by atoms with van der Waals surface area (Å²) < 4.78 is 10.5. The van der Waals surface area contributed by atoms with Crippen LogP contribution in [-0.4, -0.2) is 44.0 Å². The number of benzene rings is 3. The normalized spacial score (nSPS) is 14.3. The second kappa shape index (κ2) is 9.49. The van der Waals surface area contributed by atoms with Gasteiger partial charge in [-0.25, -0.2) is 0 Å². The maximum Gasteiger partial charge on any atom is 0.254 e. The number of fused-ring (bicyclic) bond motifs is 1. The highest BCUT2D eigenvalue weighted by Gasteiger charge is 2.29. The first-order valence-electron chi connectivity index (χ1n) is 10.5. The Morgan fingerprint density at radius 1 is 0.969 bits per heavy atom. The second-order valence-electron chi connectivity index (χ2n) is 7.77. The van der Waals surface area contributed by atoms with Gasteiger partial charge in [-0.2, -0.15) is 0 Å². The summed E-state index contributed by atoms with van der Waals surface area (Å²) >= 11 is 6.30. The van der Waals surface area contributed by atoms with E-state index >= 15 is 0 Å². The molecular formula is C25H25ClN2O4. The first-order valence-corrected chi connectivity index (χ1v) is 10.9. The molecule has 0 unspecified atom stereocenters. The Balaban J connectivity index is 1.41. The van der Waals surface area contributed by atoms with E-state index in [0.29, 0.717) is 53.7 Å². The molecule has 7 heteroatoms. The van der Waals surface area contributed by atoms with Crippen LogP contribution < -0.4 is 14.8 Å². The van der Waals surface area contributed by atoms with Gasteiger partial charge in [0, 0.05) is 36.7 Å². The van der Waals surface area contributed by atoms with Crippen LogP contribution in [-0.2, 0) is 4.79 Å². The lowest BCUT2D eigenvalue weighted by atomic mass is 9.94. The summed E-state index contributed by atoms with van der Waals surface area (Å²) in [7, 11) is 3.06. The molecule has 2 amide bonds. The van der Waals surface area contributed by atoms with Crippen LogP contribution in [0, 0.1) is 5.92 Å². The third-order valence-corrected chi connectivity index (χ3v) is 6.22. The van der Waals surface area contributed by atoms with E-state index in [9.17, 15) is 9.59 Å². The molecule has 0 bridgehead atoms. The van der Waals surface area contributed by atoms with Crippen molar-refractivity contribution in [1.29, 1.82) is 0 Å². The van der Waals surface area contributed by atoms with Crippen molar-refractivity contribution in [3.8, 4) is 11.5 Å². The van der Waals surface area contributed by atoms with Crippen molar-refractivity contribution < 1.29 is 19.1 Å². The average molecular weight is 453 g/mol. The molecular weight excluding hydrogens is 428 g/mol. The van der Waals surface area contributed by atoms with Crippen LogP contribution >= 0.6 is 11.6 Å². The molecule has 3 aromatic rings. The number of halogens is 1. The van der Waals surface area contributed by atoms with Crippen molar-refractivity contribution in [3.63, 3.8) is 0 Å². The molecule has 6 nitrogen and oxygen atoms in total. The molecule has 0 aromatic heterocycles. The molecule has 1 aliphatic rings. The fourth-order valence-electron chi connectivity index (χ4n) is 4.11. The molecule has 0 atom stereocenters. The topological polar surface area (TPSA) is 67.9 Å². The molecule has 1 saturated heterocycles. The number of ether oxygens (including phenoxy) is 2. The number of likely N-dealkylation sites (tertiary alicyclic amines) is 1. The number of anilines is 1. The molecule has 1 heterocycles. The van der Waals surface area contributed by atoms with Crippen LogP contribution in [0.3, 0.4) is 0 Å². The summed E-state index contributed by atoms with van der Waals surface area (Å²) in [5.74, 6) is 0.675. The first kappa shape index (κ1) is 22.0. The Morgan fingerprint density at radius 3 is 2.34 bits per heavy atom. The van der Waals surface area contributed by atoms with Crippen molar-refractivity contribution in [1.82, 2.24) is 4.90 Å². The fraction of sp³-hybridized carbons (Fsp3) is 0.280. The summed E-state index contributed by atoms with van der Waals surface area (Å²) in [6.07, 6.45) is 1.18. The number of nitrogens with one attached hydrogen (secondary N) is 1. The van der Waals surface area contributed by atoms with Crippen molar-refractivity contribution in [2.75, 3.05) is 32.6 Å². The lowest BCUT2D eigenvalue weighted by molar-refractivity contribution is -0.121. The molecule has 0 aliphatic carbocycles. The van der Waals surface area contributed by atoms with Gasteiger partial charge in [0.25, 0.3) is 5.91 Å². The van der Waals surface area contributed by atoms with E-state index in [0.717, 1.165) is 10.8 Å². The Labute approximate surface area is 192 Å². The largest absolute Gasteiger partial charge is 0.493 e. The Morgan fingerprint density at radius 2 is 1.62 bits per heavy atom. The van der Waals surface area contributed by atoms with E-state index in [1.54, 1.807) is 12.1 Å². The third kappa shape index (κ3) is 4.36. The number of carbonyl (C=O) groups is 2. The number of methoxy groups -OCH3 is 2. The summed E-state index contributed by atoms with van der Waals surface area (Å²) in [5, 5.41) is 5.26. The molecule has 4 rings (SSSR count). The van der Waals surface area contributed by atoms with Gasteiger partial charge in [-0.05, 0) is 29.7 Å². The number of amides is 2. The summed E-state index contributed by atoms with van der Waals surface area (Å²) in [4.78, 5) is 27.8. The van der Waals surface area contributed by atoms with Gasteiger partial charge in [0.1, 0.15) is 0 Å². The molecule has 1 fully saturated rings. The van der Waals surface area contributed by atoms with Gasteiger partial charge < -0.3 is 19.7 Å². The zero-order valence-electron chi connectivity index (χ0n) is 18.1. The van der Waals surface area contributed by atoms with Gasteiger partial charge in [-0.1, -0.05) is 48.0 Å². The fourth-order valence-corrected chi connectivity index (χ4v) is 4.31. The van der Waals surface area contributed by atoms with E-state index in [2.05, 4.69) is 5.32 Å². The van der Waals surface area contributed by atoms with Crippen LogP contribution in [0.25, 0.3) is 10.8 Å². The number of hydrogen-bond donors (Lipinski definition) is 1. The predicted molar refractivity (Wildman–Crippen MR) is 126 cm³/mol. The smallest absolute Gasteiger partial charge is 0.254 e. The maximum absolute atomic E-state index is 13.1. The van der Waals surface area contributed by atoms with E-state index in [4.69, 9.17) is 21.1 Å². The van der Waals surface area contributed by atoms with Gasteiger partial charge >= 0.3 is 0 Å². The van der Waals surface area contributed by atoms with Crippen LogP contribution in [0.4, 0.5) is 5.69 Å². The average Bonchev–Trinajstić information content (AvgIpc) is 2.84. The maximum atomic E-state index is 13.1. The standard InChI is InChI=1S/C25H25ClN2O4/c1-31-22-14-20(26)21(15-23(22)32-2)27-24(29)17-10-12-28(13-11-17)25(30)19-9-5-7-16-6-3-4-8-18(16)19/h3-9,14-15,17H,10-13H2,1-2H3,(H,27,29). The van der Waals surface area contributed by atoms with E-state index in [1.807, 2.05) is 47.4 Å². The van der Waals surface area contributed by atoms with Crippen LogP contribution in [0.5, 0.6) is 11.5 Å². The predicted octanol–water partition coefficient (Wildman–Crippen LogP) is 5.00. The number of carbonyl (C=O) groups excluding carboxylic acids is 2. The summed E-state index contributed by atoms with van der Waals surface area (Å²) in [5.41, 5.74) is 1.17. The van der Waals surface area contributed by atoms with Gasteiger partial charge in [0.15, 0.2) is 11.5 Å². The SMILES string of the molecule is COc1cc(Cl)c(NC(=O)C2CCN(C(=O)c3cccc4ccccc34)CC2)cc1OC. The Hall–Kier alpha value is -3.25. The molecule has 166 valence electrons. The molecule has 1 N–H and O–H groups in total. The minimum atomic E-state index is -0.198. The van der Waals surface area contributed by atoms with Gasteiger partial charge in [-0.15, -0.1) is 0 Å². The molecule has 0 spiro atoms. The van der Waals surface area contributed by atoms with Crippen molar-refractivity contribution in [2.24, 2.45) is 5.92 Å². The van der Waals surface area contributed by atoms with Crippen LogP contribution in [0.15, 0.2) is 54.6 Å². The minimum Gasteiger partial charge on any atom is -0.493 e. The zero-order chi connectivity index (χ0) is 22.7. The highest BCUT2D eigenvalue weighted by molar-refractivity contribution is 6.34. The van der Waals surface area contributed by atoms with Crippen molar-refractivity contribution in [3.05, 3.63) is 65.2 Å². The number of rotatable bonds is 5. The number of hydrogen-bond acceptors (Lipinski definition) is 4. The third-order valence-electron chi connectivity index (χ3n) is 5.90. The van der Waals surface area contributed by atoms with Gasteiger partial charge in [-0.3, -0.25) is 9.59 Å². The monoisotopic (exact) mass is 452 g/mol. The zero-order valence-corrected chi connectivity index (χ0v) is 18.8. The lowest BCUT2D eigenvalue weighted by Crippen LogP contribution is -2.41. The van der Waals surface area contributed by atoms with E-state index < -0.39 is 0 Å². The molecule has 3 aromatic carbocycles. The minimum absolute atomic E-state index is 0.00333. The molecule has 32 heavy (non-hydrogen) atoms. The second-order valence-corrected chi connectivity index (χ2v) is 8.18. The van der Waals surface area contributed by atoms with E-state index in [1.165, 1.54) is 14.2 Å². The number of piperidine rings is 1. The highest BCUT2D eigenvalue weighted by atomic mass is 35.5. The van der Waals surface area contributed by atoms with Crippen molar-refractivity contribution in [2.45, 2.75) is 12.8 Å². The lowest BCUT2D eigenvalue weighted by Gasteiger charge is -2.31. The van der Waals surface area contributed by atoms with Crippen LogP contribution in [0.2, 0.25) is 5.02 Å². The number of nitrogens with zero attached hydrogens (tertiary/aromatic N) is 1. The quantitative estimate of drug-likeness (QED) is 0.591. The first-order chi connectivity index (χ1) is 15.5. The Bertz CT molecular complexity index is 1150. The molecule has 0 saturated carbocycles. The summed E-state index contributed by atoms with van der Waals surface area (Å²) in [6, 6.07) is 16.9. The van der Waals surface area contributed by atoms with E-state index in [-0.39, 0.29) is 17.7 Å². The van der Waals surface area contributed by atoms with Gasteiger partial charge in [0.2, 0.25) is 5.91 Å². The van der Waals surface area contributed by atoms with Gasteiger partial charge in [0.05, 0.1) is 24.9 Å². The highest BCUT2D eigenvalue weighted by Crippen LogP contribution is 2.36. The van der Waals surface area contributed by atoms with Crippen molar-refractivity contribution >= 4 is 39.9 Å². The van der Waals surface area contributed by atoms with Crippen LogP contribution in [0.1, 0.15) is 23.2 Å². The molecule has 0 radical (unpaired) electrons. The Kier molecular flexibility index (Phi) is 6.51.